The first-order chi connectivity index (χ1) is 8.83. The zero-order valence-electron chi connectivity index (χ0n) is 10.9. The van der Waals surface area contributed by atoms with E-state index in [1.165, 1.54) is 22.4 Å². The third kappa shape index (κ3) is 2.81. The van der Waals surface area contributed by atoms with Crippen molar-refractivity contribution in [2.45, 2.75) is 33.1 Å². The fourth-order valence-corrected chi connectivity index (χ4v) is 2.69. The second kappa shape index (κ2) is 6.14. The van der Waals surface area contributed by atoms with Gasteiger partial charge in [-0.3, -0.25) is 4.98 Å². The molecule has 1 aliphatic carbocycles. The third-order valence-electron chi connectivity index (χ3n) is 3.17. The lowest BCUT2D eigenvalue weighted by Crippen LogP contribution is -1.96. The molecule has 0 atom stereocenters. The van der Waals surface area contributed by atoms with Crippen molar-refractivity contribution in [3.05, 3.63) is 63.4 Å². The molecular formula is C16H18BrN. The summed E-state index contributed by atoms with van der Waals surface area (Å²) in [5.74, 6) is 0. The summed E-state index contributed by atoms with van der Waals surface area (Å²) in [4.78, 5) is 4.53. The highest BCUT2D eigenvalue weighted by molar-refractivity contribution is 9.10. The number of benzene rings is 1. The molecule has 1 heterocycles. The van der Waals surface area contributed by atoms with E-state index < -0.39 is 0 Å². The number of hydrogen-bond donors (Lipinski definition) is 0. The predicted octanol–water partition coefficient (Wildman–Crippen LogP) is 4.56. The normalized spacial score (nSPS) is 12.6. The van der Waals surface area contributed by atoms with Gasteiger partial charge in [-0.15, -0.1) is 0 Å². The number of nitrogens with zero attached hydrogens (tertiary/aromatic N) is 1. The molecule has 0 aliphatic heterocycles. The van der Waals surface area contributed by atoms with Crippen LogP contribution in [0, 0.1) is 0 Å². The van der Waals surface area contributed by atoms with E-state index in [0.717, 1.165) is 23.7 Å². The standard InChI is InChI=1S/C14H12BrN.C2H6/c15-13-7-12-6-5-10-3-1-2-4-11(10)8-14(12)16-9-13;1-2/h1-4,7,9H,5-6,8H2;1-2H3. The summed E-state index contributed by atoms with van der Waals surface area (Å²) in [5, 5.41) is 0. The average molecular weight is 304 g/mol. The maximum Gasteiger partial charge on any atom is 0.0480 e. The fourth-order valence-electron chi connectivity index (χ4n) is 2.31. The van der Waals surface area contributed by atoms with Gasteiger partial charge in [-0.25, -0.2) is 0 Å². The van der Waals surface area contributed by atoms with Crippen molar-refractivity contribution < 1.29 is 0 Å². The molecule has 0 saturated heterocycles. The number of aromatic nitrogens is 1. The molecule has 0 amide bonds. The molecule has 3 rings (SSSR count). The van der Waals surface area contributed by atoms with Crippen LogP contribution in [0.5, 0.6) is 0 Å². The van der Waals surface area contributed by atoms with Crippen LogP contribution in [0.1, 0.15) is 36.2 Å². The van der Waals surface area contributed by atoms with Gasteiger partial charge in [-0.2, -0.15) is 0 Å². The smallest absolute Gasteiger partial charge is 0.0480 e. The molecule has 18 heavy (non-hydrogen) atoms. The third-order valence-corrected chi connectivity index (χ3v) is 3.60. The minimum absolute atomic E-state index is 0.971. The van der Waals surface area contributed by atoms with E-state index in [-0.39, 0.29) is 0 Å². The number of rotatable bonds is 0. The Kier molecular flexibility index (Phi) is 4.54. The summed E-state index contributed by atoms with van der Waals surface area (Å²) in [6.45, 7) is 4.00. The van der Waals surface area contributed by atoms with Crippen LogP contribution < -0.4 is 0 Å². The largest absolute Gasteiger partial charge is 0.259 e. The Balaban J connectivity index is 0.000000574. The van der Waals surface area contributed by atoms with Gasteiger partial charge < -0.3 is 0 Å². The Labute approximate surface area is 117 Å². The number of fused-ring (bicyclic) bond motifs is 2. The number of hydrogen-bond acceptors (Lipinski definition) is 1. The monoisotopic (exact) mass is 303 g/mol. The van der Waals surface area contributed by atoms with Crippen LogP contribution in [-0.2, 0) is 19.3 Å². The minimum Gasteiger partial charge on any atom is -0.259 e. The van der Waals surface area contributed by atoms with E-state index in [1.54, 1.807) is 0 Å². The van der Waals surface area contributed by atoms with E-state index in [1.807, 2.05) is 20.0 Å². The van der Waals surface area contributed by atoms with Crippen molar-refractivity contribution in [2.75, 3.05) is 0 Å². The van der Waals surface area contributed by atoms with Crippen LogP contribution >= 0.6 is 15.9 Å². The Morgan fingerprint density at radius 3 is 2.44 bits per heavy atom. The van der Waals surface area contributed by atoms with Gasteiger partial charge in [0.15, 0.2) is 0 Å². The van der Waals surface area contributed by atoms with E-state index in [0.29, 0.717) is 0 Å². The highest BCUT2D eigenvalue weighted by Gasteiger charge is 2.13. The second-order valence-corrected chi connectivity index (χ2v) is 5.12. The van der Waals surface area contributed by atoms with Gasteiger partial charge in [0.1, 0.15) is 0 Å². The Morgan fingerprint density at radius 2 is 1.67 bits per heavy atom. The highest BCUT2D eigenvalue weighted by Crippen LogP contribution is 2.24. The predicted molar refractivity (Wildman–Crippen MR) is 79.9 cm³/mol. The van der Waals surface area contributed by atoms with Crippen molar-refractivity contribution in [3.8, 4) is 0 Å². The maximum absolute atomic E-state index is 4.53. The summed E-state index contributed by atoms with van der Waals surface area (Å²) in [6, 6.07) is 10.9. The lowest BCUT2D eigenvalue weighted by Gasteiger charge is -2.04. The summed E-state index contributed by atoms with van der Waals surface area (Å²) in [5.41, 5.74) is 5.51. The molecule has 0 bridgehead atoms. The zero-order chi connectivity index (χ0) is 13.0. The molecule has 1 aromatic carbocycles. The quantitative estimate of drug-likeness (QED) is 0.695. The van der Waals surface area contributed by atoms with Crippen molar-refractivity contribution in [1.29, 1.82) is 0 Å². The van der Waals surface area contributed by atoms with Crippen molar-refractivity contribution >= 4 is 15.9 Å². The van der Waals surface area contributed by atoms with E-state index >= 15 is 0 Å². The van der Waals surface area contributed by atoms with Crippen LogP contribution in [0.4, 0.5) is 0 Å². The van der Waals surface area contributed by atoms with Gasteiger partial charge >= 0.3 is 0 Å². The molecule has 1 aromatic heterocycles. The first kappa shape index (κ1) is 13.3. The van der Waals surface area contributed by atoms with Gasteiger partial charge in [-0.1, -0.05) is 38.1 Å². The molecular weight excluding hydrogens is 286 g/mol. The topological polar surface area (TPSA) is 12.9 Å². The SMILES string of the molecule is Brc1cnc2c(c1)CCc1ccccc1C2.CC. The van der Waals surface area contributed by atoms with Gasteiger partial charge in [0, 0.05) is 22.8 Å². The van der Waals surface area contributed by atoms with Crippen LogP contribution in [0.25, 0.3) is 0 Å². The molecule has 1 nitrogen and oxygen atoms in total. The second-order valence-electron chi connectivity index (χ2n) is 4.20. The van der Waals surface area contributed by atoms with E-state index in [9.17, 15) is 0 Å². The van der Waals surface area contributed by atoms with Gasteiger partial charge in [0.2, 0.25) is 0 Å². The molecule has 94 valence electrons. The molecule has 0 saturated carbocycles. The van der Waals surface area contributed by atoms with Crippen molar-refractivity contribution in [1.82, 2.24) is 4.98 Å². The summed E-state index contributed by atoms with van der Waals surface area (Å²) in [6.07, 6.45) is 5.09. The van der Waals surface area contributed by atoms with Crippen molar-refractivity contribution in [3.63, 3.8) is 0 Å². The molecule has 2 heteroatoms. The molecule has 0 unspecified atom stereocenters. The lowest BCUT2D eigenvalue weighted by atomic mass is 10.0. The lowest BCUT2D eigenvalue weighted by molar-refractivity contribution is 0.949. The molecule has 0 radical (unpaired) electrons. The summed E-state index contributed by atoms with van der Waals surface area (Å²) < 4.78 is 1.08. The summed E-state index contributed by atoms with van der Waals surface area (Å²) >= 11 is 3.49. The molecule has 0 fully saturated rings. The van der Waals surface area contributed by atoms with E-state index in [2.05, 4.69) is 51.2 Å². The first-order valence-corrected chi connectivity index (χ1v) is 7.32. The highest BCUT2D eigenvalue weighted by atomic mass is 79.9. The van der Waals surface area contributed by atoms with Crippen LogP contribution in [0.3, 0.4) is 0 Å². The molecule has 2 aromatic rings. The van der Waals surface area contributed by atoms with Gasteiger partial charge in [0.05, 0.1) is 0 Å². The number of aryl methyl sites for hydroxylation is 2. The average Bonchev–Trinajstić information content (AvgIpc) is 2.60. The Bertz CT molecular complexity index is 534. The Morgan fingerprint density at radius 1 is 1.00 bits per heavy atom. The van der Waals surface area contributed by atoms with Crippen LogP contribution in [0.2, 0.25) is 0 Å². The summed E-state index contributed by atoms with van der Waals surface area (Å²) in [7, 11) is 0. The first-order valence-electron chi connectivity index (χ1n) is 6.53. The number of halogens is 1. The van der Waals surface area contributed by atoms with Gasteiger partial charge in [0.25, 0.3) is 0 Å². The molecule has 0 spiro atoms. The zero-order valence-corrected chi connectivity index (χ0v) is 12.5. The minimum atomic E-state index is 0.971. The molecule has 1 aliphatic rings. The van der Waals surface area contributed by atoms with Crippen LogP contribution in [0.15, 0.2) is 41.0 Å². The maximum atomic E-state index is 4.53. The van der Waals surface area contributed by atoms with E-state index in [4.69, 9.17) is 0 Å². The Hall–Kier alpha value is -1.15. The van der Waals surface area contributed by atoms with Gasteiger partial charge in [-0.05, 0) is 51.5 Å². The van der Waals surface area contributed by atoms with Crippen LogP contribution in [-0.4, -0.2) is 4.98 Å². The van der Waals surface area contributed by atoms with Crippen molar-refractivity contribution in [2.24, 2.45) is 0 Å². The fraction of sp³-hybridized carbons (Fsp3) is 0.312. The number of pyridine rings is 1. The molecule has 0 N–H and O–H groups in total.